The number of carbonyl (C=O) groups excluding carboxylic acids is 1. The largest absolute Gasteiger partial charge is 0.335 e. The molecule has 2 aliphatic rings. The van der Waals surface area contributed by atoms with E-state index in [0.29, 0.717) is 17.8 Å². The van der Waals surface area contributed by atoms with Crippen LogP contribution in [0, 0.1) is 11.3 Å². The molecule has 4 rings (SSSR count). The zero-order chi connectivity index (χ0) is 18.1. The second-order valence-corrected chi connectivity index (χ2v) is 7.08. The summed E-state index contributed by atoms with van der Waals surface area (Å²) in [6, 6.07) is 9.85. The summed E-state index contributed by atoms with van der Waals surface area (Å²) in [6.45, 7) is 5.51. The number of fused-ring (bicyclic) bond motifs is 1. The van der Waals surface area contributed by atoms with Crippen LogP contribution in [-0.4, -0.2) is 64.0 Å². The number of H-pyrrole nitrogens is 1. The van der Waals surface area contributed by atoms with Crippen LogP contribution in [0.15, 0.2) is 24.3 Å². The van der Waals surface area contributed by atoms with Crippen molar-refractivity contribution in [2.45, 2.75) is 19.6 Å². The van der Waals surface area contributed by atoms with E-state index in [9.17, 15) is 4.79 Å². The number of hydrogen-bond acceptors (Lipinski definition) is 5. The second-order valence-electron chi connectivity index (χ2n) is 7.08. The quantitative estimate of drug-likeness (QED) is 0.899. The number of likely N-dealkylation sites (N-methyl/N-ethyl adjacent to an activating group) is 1. The van der Waals surface area contributed by atoms with E-state index in [-0.39, 0.29) is 5.91 Å². The Morgan fingerprint density at radius 2 is 2.08 bits per heavy atom. The van der Waals surface area contributed by atoms with E-state index < -0.39 is 0 Å². The first-order chi connectivity index (χ1) is 12.6. The number of amides is 1. The van der Waals surface area contributed by atoms with Gasteiger partial charge >= 0.3 is 0 Å². The van der Waals surface area contributed by atoms with Gasteiger partial charge in [-0.1, -0.05) is 12.1 Å². The lowest BCUT2D eigenvalue weighted by Crippen LogP contribution is -2.47. The highest BCUT2D eigenvalue weighted by Gasteiger charge is 2.31. The number of nitriles is 1. The number of benzene rings is 1. The average molecular weight is 350 g/mol. The maximum atomic E-state index is 12.8. The molecule has 1 aromatic heterocycles. The smallest absolute Gasteiger partial charge is 0.274 e. The van der Waals surface area contributed by atoms with Crippen molar-refractivity contribution < 1.29 is 4.79 Å². The van der Waals surface area contributed by atoms with Crippen LogP contribution in [0.2, 0.25) is 0 Å². The molecule has 26 heavy (non-hydrogen) atoms. The molecule has 0 saturated carbocycles. The van der Waals surface area contributed by atoms with Gasteiger partial charge in [0.2, 0.25) is 0 Å². The third-order valence-corrected chi connectivity index (χ3v) is 5.17. The van der Waals surface area contributed by atoms with E-state index in [2.05, 4.69) is 33.1 Å². The van der Waals surface area contributed by atoms with Crippen LogP contribution in [0.3, 0.4) is 0 Å². The van der Waals surface area contributed by atoms with Crippen molar-refractivity contribution in [3.8, 4) is 6.07 Å². The zero-order valence-electron chi connectivity index (χ0n) is 14.9. The van der Waals surface area contributed by atoms with Crippen molar-refractivity contribution in [3.63, 3.8) is 0 Å². The fraction of sp³-hybridized carbons (Fsp3) is 0.421. The van der Waals surface area contributed by atoms with Gasteiger partial charge in [0.15, 0.2) is 5.69 Å². The lowest BCUT2D eigenvalue weighted by atomic mass is 10.1. The van der Waals surface area contributed by atoms with Gasteiger partial charge in [-0.3, -0.25) is 14.8 Å². The minimum Gasteiger partial charge on any atom is -0.335 e. The van der Waals surface area contributed by atoms with Gasteiger partial charge in [-0.25, -0.2) is 0 Å². The van der Waals surface area contributed by atoms with E-state index in [1.807, 2.05) is 29.2 Å². The molecule has 134 valence electrons. The van der Waals surface area contributed by atoms with Crippen LogP contribution in [-0.2, 0) is 19.6 Å². The summed E-state index contributed by atoms with van der Waals surface area (Å²) in [7, 11) is 2.08. The molecular weight excluding hydrogens is 328 g/mol. The Balaban J connectivity index is 1.45. The summed E-state index contributed by atoms with van der Waals surface area (Å²) >= 11 is 0. The zero-order valence-corrected chi connectivity index (χ0v) is 14.9. The van der Waals surface area contributed by atoms with Gasteiger partial charge in [-0.05, 0) is 24.7 Å². The Kier molecular flexibility index (Phi) is 4.45. The fourth-order valence-electron chi connectivity index (χ4n) is 3.65. The third kappa shape index (κ3) is 3.21. The number of aromatic nitrogens is 2. The lowest BCUT2D eigenvalue weighted by Gasteiger charge is -2.32. The number of piperazine rings is 1. The van der Waals surface area contributed by atoms with E-state index in [1.54, 1.807) is 0 Å². The van der Waals surface area contributed by atoms with Gasteiger partial charge in [0.25, 0.3) is 5.91 Å². The number of aromatic amines is 1. The molecule has 1 N–H and O–H groups in total. The van der Waals surface area contributed by atoms with E-state index in [1.165, 1.54) is 0 Å². The number of carbonyl (C=O) groups is 1. The molecule has 0 spiro atoms. The molecule has 1 saturated heterocycles. The second kappa shape index (κ2) is 6.90. The lowest BCUT2D eigenvalue weighted by molar-refractivity contribution is 0.0656. The summed E-state index contributed by atoms with van der Waals surface area (Å²) < 4.78 is 0. The van der Waals surface area contributed by atoms with Crippen LogP contribution in [0.25, 0.3) is 0 Å². The SMILES string of the molecule is CN1CCN(C(=O)c2n[nH]c3c2CN(Cc2cccc(C#N)c2)C3)CC1. The topological polar surface area (TPSA) is 79.3 Å². The van der Waals surface area contributed by atoms with Gasteiger partial charge in [-0.2, -0.15) is 10.4 Å². The van der Waals surface area contributed by atoms with Crippen molar-refractivity contribution in [1.29, 1.82) is 5.26 Å². The molecule has 0 unspecified atom stereocenters. The van der Waals surface area contributed by atoms with Crippen LogP contribution in [0.1, 0.15) is 32.9 Å². The molecular formula is C19H22N6O. The third-order valence-electron chi connectivity index (χ3n) is 5.17. The van der Waals surface area contributed by atoms with E-state index in [4.69, 9.17) is 5.26 Å². The molecule has 3 heterocycles. The van der Waals surface area contributed by atoms with Crippen molar-refractivity contribution in [1.82, 2.24) is 24.9 Å². The predicted octanol–water partition coefficient (Wildman–Crippen LogP) is 1.18. The minimum atomic E-state index is 0.0314. The monoisotopic (exact) mass is 350 g/mol. The number of nitrogens with one attached hydrogen (secondary N) is 1. The summed E-state index contributed by atoms with van der Waals surface area (Å²) in [5, 5.41) is 16.4. The van der Waals surface area contributed by atoms with Crippen LogP contribution >= 0.6 is 0 Å². The summed E-state index contributed by atoms with van der Waals surface area (Å²) in [5.41, 5.74) is 4.39. The van der Waals surface area contributed by atoms with Crippen molar-refractivity contribution in [2.24, 2.45) is 0 Å². The van der Waals surface area contributed by atoms with Crippen LogP contribution in [0.5, 0.6) is 0 Å². The van der Waals surface area contributed by atoms with E-state index in [0.717, 1.165) is 56.1 Å². The average Bonchev–Trinajstić information content (AvgIpc) is 3.22. The first kappa shape index (κ1) is 16.8. The Hall–Kier alpha value is -2.69. The molecule has 0 aliphatic carbocycles. The van der Waals surface area contributed by atoms with Crippen molar-refractivity contribution in [3.05, 3.63) is 52.3 Å². The Bertz CT molecular complexity index is 859. The number of nitrogens with zero attached hydrogens (tertiary/aromatic N) is 5. The molecule has 2 aliphatic heterocycles. The van der Waals surface area contributed by atoms with Crippen LogP contribution in [0.4, 0.5) is 0 Å². The first-order valence-corrected chi connectivity index (χ1v) is 8.89. The van der Waals surface area contributed by atoms with Gasteiger partial charge in [0, 0.05) is 51.4 Å². The number of rotatable bonds is 3. The molecule has 7 heteroatoms. The summed E-state index contributed by atoms with van der Waals surface area (Å²) in [5.74, 6) is 0.0314. The Labute approximate surface area is 152 Å². The fourth-order valence-corrected chi connectivity index (χ4v) is 3.65. The number of hydrogen-bond donors (Lipinski definition) is 1. The van der Waals surface area contributed by atoms with Crippen molar-refractivity contribution >= 4 is 5.91 Å². The van der Waals surface area contributed by atoms with Gasteiger partial charge < -0.3 is 9.80 Å². The molecule has 1 amide bonds. The predicted molar refractivity (Wildman–Crippen MR) is 96.1 cm³/mol. The Morgan fingerprint density at radius 3 is 2.85 bits per heavy atom. The van der Waals surface area contributed by atoms with Gasteiger partial charge in [0.05, 0.1) is 17.3 Å². The first-order valence-electron chi connectivity index (χ1n) is 8.89. The molecule has 7 nitrogen and oxygen atoms in total. The molecule has 2 aromatic rings. The Morgan fingerprint density at radius 1 is 1.27 bits per heavy atom. The molecule has 1 aromatic carbocycles. The molecule has 0 bridgehead atoms. The highest BCUT2D eigenvalue weighted by Crippen LogP contribution is 2.26. The standard InChI is InChI=1S/C19H22N6O/c1-23-5-7-25(8-6-23)19(26)18-16-12-24(13-17(16)21-22-18)11-15-4-2-3-14(9-15)10-20/h2-4,9H,5-8,11-13H2,1H3,(H,21,22). The van der Waals surface area contributed by atoms with Crippen molar-refractivity contribution in [2.75, 3.05) is 33.2 Å². The summed E-state index contributed by atoms with van der Waals surface area (Å²) in [6.07, 6.45) is 0. The summed E-state index contributed by atoms with van der Waals surface area (Å²) in [4.78, 5) is 19.2. The maximum Gasteiger partial charge on any atom is 0.274 e. The minimum absolute atomic E-state index is 0.0314. The highest BCUT2D eigenvalue weighted by molar-refractivity contribution is 5.94. The molecule has 1 fully saturated rings. The van der Waals surface area contributed by atoms with Crippen LogP contribution < -0.4 is 0 Å². The van der Waals surface area contributed by atoms with E-state index >= 15 is 0 Å². The molecule has 0 atom stereocenters. The highest BCUT2D eigenvalue weighted by atomic mass is 16.2. The van der Waals surface area contributed by atoms with Gasteiger partial charge in [0.1, 0.15) is 0 Å². The molecule has 0 radical (unpaired) electrons. The normalized spacial score (nSPS) is 17.9. The van der Waals surface area contributed by atoms with Gasteiger partial charge in [-0.15, -0.1) is 0 Å². The maximum absolute atomic E-state index is 12.8.